The molecule has 0 radical (unpaired) electrons. The summed E-state index contributed by atoms with van der Waals surface area (Å²) in [7, 11) is 0. The summed E-state index contributed by atoms with van der Waals surface area (Å²) in [5.41, 5.74) is 13.4. The molecule has 0 bridgehead atoms. The fourth-order valence-electron chi connectivity index (χ4n) is 2.85. The summed E-state index contributed by atoms with van der Waals surface area (Å²) in [6.07, 6.45) is -2.93. The lowest BCUT2D eigenvalue weighted by atomic mass is 10.1. The minimum atomic E-state index is -4.98. The first-order valence-electron chi connectivity index (χ1n) is 8.80. The lowest BCUT2D eigenvalue weighted by Crippen LogP contribution is -2.29. The number of carbonyl (C=O) groups excluding carboxylic acids is 1. The van der Waals surface area contributed by atoms with Gasteiger partial charge < -0.3 is 22.1 Å². The van der Waals surface area contributed by atoms with Gasteiger partial charge >= 0.3 is 12.1 Å². The van der Waals surface area contributed by atoms with Gasteiger partial charge in [0.15, 0.2) is 0 Å². The number of anilines is 3. The Morgan fingerprint density at radius 2 is 2.03 bits per heavy atom. The van der Waals surface area contributed by atoms with Crippen molar-refractivity contribution in [3.05, 3.63) is 29.1 Å². The average molecular weight is 422 g/mol. The highest BCUT2D eigenvalue weighted by Crippen LogP contribution is 2.40. The smallest absolute Gasteiger partial charge is 0.397 e. The van der Waals surface area contributed by atoms with Gasteiger partial charge in [-0.05, 0) is 25.0 Å². The monoisotopic (exact) mass is 422 g/mol. The van der Waals surface area contributed by atoms with Crippen molar-refractivity contribution in [2.24, 2.45) is 5.73 Å². The number of fused-ring (bicyclic) bond motifs is 1. The molecule has 6 N–H and O–H groups in total. The molecule has 1 aliphatic carbocycles. The Balaban J connectivity index is 1.80. The molecule has 2 heterocycles. The SMILES string of the molecule is NCc1sc2nc(NC3CC3)nc(-c3cccc(NC(=O)C(F)(F)F)c3)c2c1N. The molecular weight excluding hydrogens is 405 g/mol. The van der Waals surface area contributed by atoms with Crippen LogP contribution in [0.3, 0.4) is 0 Å². The standard InChI is InChI=1S/C18H17F3N6OS/c19-18(20,21)16(28)24-10-3-1-2-8(6-10)14-12-13(23)11(7-22)29-15(12)27-17(26-14)25-9-4-5-9/h1-3,6,9H,4-5,7,22-23H2,(H,24,28)(H,25,26,27). The molecule has 0 aliphatic heterocycles. The number of benzene rings is 1. The molecule has 1 aromatic carbocycles. The zero-order valence-corrected chi connectivity index (χ0v) is 15.8. The molecular formula is C18H17F3N6OS. The van der Waals surface area contributed by atoms with Gasteiger partial charge in [-0.15, -0.1) is 11.3 Å². The number of carbonyl (C=O) groups is 1. The predicted molar refractivity (Wildman–Crippen MR) is 106 cm³/mol. The van der Waals surface area contributed by atoms with Crippen molar-refractivity contribution in [2.45, 2.75) is 31.6 Å². The summed E-state index contributed by atoms with van der Waals surface area (Å²) in [6, 6.07) is 6.33. The van der Waals surface area contributed by atoms with E-state index in [2.05, 4.69) is 15.3 Å². The molecule has 0 atom stereocenters. The molecule has 4 rings (SSSR count). The number of hydrogen-bond acceptors (Lipinski definition) is 7. The third-order valence-electron chi connectivity index (χ3n) is 4.41. The Bertz CT molecular complexity index is 1090. The van der Waals surface area contributed by atoms with Gasteiger partial charge in [0.05, 0.1) is 16.8 Å². The van der Waals surface area contributed by atoms with E-state index in [9.17, 15) is 18.0 Å². The first kappa shape index (κ1) is 19.4. The molecule has 1 amide bonds. The molecule has 0 spiro atoms. The van der Waals surface area contributed by atoms with Gasteiger partial charge in [-0.1, -0.05) is 12.1 Å². The molecule has 2 aromatic heterocycles. The molecule has 0 unspecified atom stereocenters. The number of nitrogens with zero attached hydrogens (tertiary/aromatic N) is 2. The first-order valence-corrected chi connectivity index (χ1v) is 9.62. The number of halogens is 3. The fourth-order valence-corrected chi connectivity index (χ4v) is 3.82. The van der Waals surface area contributed by atoms with Crippen LogP contribution < -0.4 is 22.1 Å². The van der Waals surface area contributed by atoms with Crippen LogP contribution in [0, 0.1) is 0 Å². The first-order chi connectivity index (χ1) is 13.8. The number of rotatable bonds is 5. The number of thiophene rings is 1. The minimum Gasteiger partial charge on any atom is -0.397 e. The lowest BCUT2D eigenvalue weighted by molar-refractivity contribution is -0.167. The highest BCUT2D eigenvalue weighted by molar-refractivity contribution is 7.19. The third-order valence-corrected chi connectivity index (χ3v) is 5.53. The van der Waals surface area contributed by atoms with E-state index in [1.54, 1.807) is 6.07 Å². The van der Waals surface area contributed by atoms with E-state index in [1.807, 2.05) is 5.32 Å². The largest absolute Gasteiger partial charge is 0.471 e. The van der Waals surface area contributed by atoms with E-state index in [0.29, 0.717) is 39.2 Å². The van der Waals surface area contributed by atoms with Crippen molar-refractivity contribution in [3.8, 4) is 11.3 Å². The number of nitrogens with two attached hydrogens (primary N) is 2. The van der Waals surface area contributed by atoms with E-state index >= 15 is 0 Å². The van der Waals surface area contributed by atoms with Crippen LogP contribution in [-0.4, -0.2) is 28.1 Å². The quantitative estimate of drug-likeness (QED) is 0.500. The molecule has 152 valence electrons. The predicted octanol–water partition coefficient (Wildman–Crippen LogP) is 3.47. The van der Waals surface area contributed by atoms with Gasteiger partial charge in [0.25, 0.3) is 0 Å². The number of aromatic nitrogens is 2. The average Bonchev–Trinajstić information content (AvgIpc) is 3.42. The van der Waals surface area contributed by atoms with E-state index in [1.165, 1.54) is 29.5 Å². The summed E-state index contributed by atoms with van der Waals surface area (Å²) in [5.74, 6) is -1.62. The molecule has 11 heteroatoms. The van der Waals surface area contributed by atoms with Crippen molar-refractivity contribution in [1.29, 1.82) is 0 Å². The molecule has 1 fully saturated rings. The normalized spacial score (nSPS) is 14.2. The topological polar surface area (TPSA) is 119 Å². The summed E-state index contributed by atoms with van der Waals surface area (Å²) in [6.45, 7) is 0.235. The van der Waals surface area contributed by atoms with Crippen molar-refractivity contribution in [3.63, 3.8) is 0 Å². The number of alkyl halides is 3. The van der Waals surface area contributed by atoms with E-state index in [4.69, 9.17) is 11.5 Å². The second kappa shape index (κ2) is 7.16. The molecule has 3 aromatic rings. The van der Waals surface area contributed by atoms with Crippen LogP contribution >= 0.6 is 11.3 Å². The van der Waals surface area contributed by atoms with Crippen molar-refractivity contribution < 1.29 is 18.0 Å². The Morgan fingerprint density at radius 1 is 1.28 bits per heavy atom. The third kappa shape index (κ3) is 3.96. The summed E-state index contributed by atoms with van der Waals surface area (Å²) in [5, 5.41) is 5.68. The fraction of sp³-hybridized carbons (Fsp3) is 0.278. The summed E-state index contributed by atoms with van der Waals surface area (Å²) < 4.78 is 37.7. The second-order valence-corrected chi connectivity index (χ2v) is 7.75. The van der Waals surface area contributed by atoms with Gasteiger partial charge in [-0.25, -0.2) is 9.97 Å². The molecule has 1 saturated carbocycles. The summed E-state index contributed by atoms with van der Waals surface area (Å²) >= 11 is 1.35. The minimum absolute atomic E-state index is 0.00105. The number of amides is 1. The van der Waals surface area contributed by atoms with Crippen LogP contribution in [0.5, 0.6) is 0 Å². The van der Waals surface area contributed by atoms with Crippen molar-refractivity contribution in [1.82, 2.24) is 9.97 Å². The van der Waals surface area contributed by atoms with Gasteiger partial charge in [0.1, 0.15) is 4.83 Å². The second-order valence-electron chi connectivity index (χ2n) is 6.67. The van der Waals surface area contributed by atoms with Crippen molar-refractivity contribution >= 4 is 44.8 Å². The highest BCUT2D eigenvalue weighted by atomic mass is 32.1. The lowest BCUT2D eigenvalue weighted by Gasteiger charge is -2.11. The van der Waals surface area contributed by atoms with Crippen LogP contribution in [0.2, 0.25) is 0 Å². The molecule has 0 saturated heterocycles. The molecule has 7 nitrogen and oxygen atoms in total. The van der Waals surface area contributed by atoms with Crippen LogP contribution in [0.15, 0.2) is 24.3 Å². The molecule has 29 heavy (non-hydrogen) atoms. The van der Waals surface area contributed by atoms with Gasteiger partial charge in [-0.2, -0.15) is 13.2 Å². The Labute approximate surface area is 167 Å². The number of nitrogen functional groups attached to an aromatic ring is 1. The maximum atomic E-state index is 12.6. The number of nitrogens with one attached hydrogen (secondary N) is 2. The van der Waals surface area contributed by atoms with E-state index < -0.39 is 12.1 Å². The van der Waals surface area contributed by atoms with Crippen LogP contribution in [0.1, 0.15) is 17.7 Å². The van der Waals surface area contributed by atoms with Gasteiger partial charge in [-0.3, -0.25) is 4.79 Å². The zero-order valence-electron chi connectivity index (χ0n) is 15.0. The van der Waals surface area contributed by atoms with E-state index in [-0.39, 0.29) is 12.2 Å². The van der Waals surface area contributed by atoms with Crippen molar-refractivity contribution in [2.75, 3.05) is 16.4 Å². The maximum Gasteiger partial charge on any atom is 0.471 e. The van der Waals surface area contributed by atoms with Crippen LogP contribution in [-0.2, 0) is 11.3 Å². The Hall–Kier alpha value is -2.92. The maximum absolute atomic E-state index is 12.6. The molecule has 1 aliphatic rings. The van der Waals surface area contributed by atoms with E-state index in [0.717, 1.165) is 17.7 Å². The van der Waals surface area contributed by atoms with Gasteiger partial charge in [0.2, 0.25) is 5.95 Å². The Morgan fingerprint density at radius 3 is 2.69 bits per heavy atom. The zero-order chi connectivity index (χ0) is 20.8. The summed E-state index contributed by atoms with van der Waals surface area (Å²) in [4.78, 5) is 21.7. The van der Waals surface area contributed by atoms with Crippen LogP contribution in [0.4, 0.5) is 30.5 Å². The van der Waals surface area contributed by atoms with Crippen LogP contribution in [0.25, 0.3) is 21.5 Å². The number of hydrogen-bond donors (Lipinski definition) is 4. The van der Waals surface area contributed by atoms with Gasteiger partial charge in [0, 0.05) is 28.7 Å². The Kier molecular flexibility index (Phi) is 4.79. The highest BCUT2D eigenvalue weighted by Gasteiger charge is 2.38.